The number of fused-ring (bicyclic) bond motifs is 3. The lowest BCUT2D eigenvalue weighted by atomic mass is 9.79. The highest BCUT2D eigenvalue weighted by Gasteiger charge is 2.34. The molecule has 140 valence electrons. The Labute approximate surface area is 159 Å². The Balaban J connectivity index is 1.63. The number of halogens is 1. The summed E-state index contributed by atoms with van der Waals surface area (Å²) in [5.74, 6) is 1.69. The molecule has 1 atom stereocenters. The molecule has 2 bridgehead atoms. The summed E-state index contributed by atoms with van der Waals surface area (Å²) in [6.07, 6.45) is 5.59. The molecule has 2 aromatic rings. The van der Waals surface area contributed by atoms with Crippen molar-refractivity contribution in [3.63, 3.8) is 0 Å². The standard InChI is InChI=1S/C18H23ClN4O2S/c1-26(24,25)21-18-17(14-2-4-16(19)5-3-14)12-23(20-18)11-15-10-22-8-6-13(15)7-9-22/h2-5,12-13,15H,6-11H2,1H3,(H,20,21). The average molecular weight is 395 g/mol. The van der Waals surface area contributed by atoms with E-state index in [2.05, 4.69) is 14.7 Å². The first-order valence-corrected chi connectivity index (χ1v) is 11.2. The number of aromatic nitrogens is 2. The third kappa shape index (κ3) is 3.89. The van der Waals surface area contributed by atoms with Crippen molar-refractivity contribution >= 4 is 27.4 Å². The molecular formula is C18H23ClN4O2S. The molecule has 3 fully saturated rings. The second kappa shape index (κ2) is 6.87. The highest BCUT2D eigenvalue weighted by Crippen LogP contribution is 2.34. The third-order valence-corrected chi connectivity index (χ3v) is 6.23. The Morgan fingerprint density at radius 1 is 1.23 bits per heavy atom. The Hall–Kier alpha value is -1.57. The SMILES string of the molecule is CS(=O)(=O)Nc1nn(CC2CN3CCC2CC3)cc1-c1ccc(Cl)cc1. The number of hydrogen-bond donors (Lipinski definition) is 1. The van der Waals surface area contributed by atoms with Crippen LogP contribution in [0.5, 0.6) is 0 Å². The Morgan fingerprint density at radius 3 is 2.50 bits per heavy atom. The molecule has 6 nitrogen and oxygen atoms in total. The van der Waals surface area contributed by atoms with Crippen LogP contribution in [0.15, 0.2) is 30.5 Å². The fourth-order valence-electron chi connectivity index (χ4n) is 4.14. The summed E-state index contributed by atoms with van der Waals surface area (Å²) in [7, 11) is -3.40. The number of hydrogen-bond acceptors (Lipinski definition) is 4. The van der Waals surface area contributed by atoms with E-state index in [0.717, 1.165) is 36.4 Å². The lowest BCUT2D eigenvalue weighted by molar-refractivity contribution is 0.0406. The fraction of sp³-hybridized carbons (Fsp3) is 0.500. The van der Waals surface area contributed by atoms with E-state index in [1.807, 2.05) is 23.0 Å². The van der Waals surface area contributed by atoms with E-state index in [-0.39, 0.29) is 0 Å². The molecule has 4 heterocycles. The number of benzene rings is 1. The quantitative estimate of drug-likeness (QED) is 0.846. The van der Waals surface area contributed by atoms with Crippen LogP contribution >= 0.6 is 11.6 Å². The van der Waals surface area contributed by atoms with Gasteiger partial charge in [0.15, 0.2) is 5.82 Å². The Bertz CT molecular complexity index is 886. The predicted octanol–water partition coefficient (Wildman–Crippen LogP) is 2.92. The van der Waals surface area contributed by atoms with E-state index in [0.29, 0.717) is 16.8 Å². The van der Waals surface area contributed by atoms with Gasteiger partial charge in [-0.1, -0.05) is 23.7 Å². The van der Waals surface area contributed by atoms with Crippen LogP contribution in [-0.2, 0) is 16.6 Å². The van der Waals surface area contributed by atoms with E-state index in [9.17, 15) is 8.42 Å². The predicted molar refractivity (Wildman–Crippen MR) is 104 cm³/mol. The molecule has 3 aliphatic heterocycles. The van der Waals surface area contributed by atoms with Crippen molar-refractivity contribution in [1.82, 2.24) is 14.7 Å². The zero-order valence-corrected chi connectivity index (χ0v) is 16.3. The van der Waals surface area contributed by atoms with Gasteiger partial charge in [-0.2, -0.15) is 5.10 Å². The van der Waals surface area contributed by atoms with Gasteiger partial charge in [-0.25, -0.2) is 8.42 Å². The summed E-state index contributed by atoms with van der Waals surface area (Å²) >= 11 is 5.98. The zero-order valence-electron chi connectivity index (χ0n) is 14.7. The molecule has 8 heteroatoms. The van der Waals surface area contributed by atoms with E-state index in [1.165, 1.54) is 25.9 Å². The molecule has 5 rings (SSSR count). The third-order valence-electron chi connectivity index (χ3n) is 5.41. The first-order valence-electron chi connectivity index (χ1n) is 8.91. The molecule has 0 saturated carbocycles. The number of anilines is 1. The maximum absolute atomic E-state index is 11.8. The van der Waals surface area contributed by atoms with E-state index >= 15 is 0 Å². The van der Waals surface area contributed by atoms with Gasteiger partial charge in [0.05, 0.1) is 6.26 Å². The van der Waals surface area contributed by atoms with Crippen LogP contribution in [0.4, 0.5) is 5.82 Å². The normalized spacial score (nSPS) is 25.4. The van der Waals surface area contributed by atoms with Gasteiger partial charge in [-0.3, -0.25) is 9.40 Å². The lowest BCUT2D eigenvalue weighted by Gasteiger charge is -2.44. The molecule has 0 spiro atoms. The summed E-state index contributed by atoms with van der Waals surface area (Å²) in [6, 6.07) is 7.36. The molecule has 26 heavy (non-hydrogen) atoms. The van der Waals surface area contributed by atoms with E-state index in [1.54, 1.807) is 12.1 Å². The van der Waals surface area contributed by atoms with Crippen LogP contribution in [0.1, 0.15) is 12.8 Å². The summed E-state index contributed by atoms with van der Waals surface area (Å²) in [6.45, 7) is 4.33. The fourth-order valence-corrected chi connectivity index (χ4v) is 4.77. The highest BCUT2D eigenvalue weighted by molar-refractivity contribution is 7.92. The minimum Gasteiger partial charge on any atom is -0.303 e. The highest BCUT2D eigenvalue weighted by atomic mass is 35.5. The van der Waals surface area contributed by atoms with Crippen LogP contribution in [-0.4, -0.2) is 49.0 Å². The molecule has 3 aliphatic rings. The monoisotopic (exact) mass is 394 g/mol. The minimum absolute atomic E-state index is 0.371. The van der Waals surface area contributed by atoms with Crippen LogP contribution in [0.3, 0.4) is 0 Å². The van der Waals surface area contributed by atoms with Gasteiger partial charge in [-0.15, -0.1) is 0 Å². The number of rotatable bonds is 5. The molecule has 3 saturated heterocycles. The van der Waals surface area contributed by atoms with Gasteiger partial charge in [0.25, 0.3) is 0 Å². The van der Waals surface area contributed by atoms with Crippen molar-refractivity contribution in [2.24, 2.45) is 11.8 Å². The van der Waals surface area contributed by atoms with Crippen molar-refractivity contribution in [2.45, 2.75) is 19.4 Å². The van der Waals surface area contributed by atoms with Crippen molar-refractivity contribution < 1.29 is 8.42 Å². The maximum atomic E-state index is 11.8. The Morgan fingerprint density at radius 2 is 1.92 bits per heavy atom. The van der Waals surface area contributed by atoms with Crippen molar-refractivity contribution in [3.8, 4) is 11.1 Å². The van der Waals surface area contributed by atoms with Crippen molar-refractivity contribution in [1.29, 1.82) is 0 Å². The smallest absolute Gasteiger partial charge is 0.231 e. The van der Waals surface area contributed by atoms with E-state index in [4.69, 9.17) is 11.6 Å². The minimum atomic E-state index is -3.40. The molecule has 1 aromatic carbocycles. The molecule has 1 aromatic heterocycles. The Kier molecular flexibility index (Phi) is 4.71. The maximum Gasteiger partial charge on any atom is 0.231 e. The number of sulfonamides is 1. The number of nitrogens with zero attached hydrogens (tertiary/aromatic N) is 3. The van der Waals surface area contributed by atoms with Crippen molar-refractivity contribution in [3.05, 3.63) is 35.5 Å². The zero-order chi connectivity index (χ0) is 18.3. The van der Waals surface area contributed by atoms with E-state index < -0.39 is 10.0 Å². The molecule has 0 amide bonds. The number of nitrogens with one attached hydrogen (secondary N) is 1. The van der Waals surface area contributed by atoms with Gasteiger partial charge >= 0.3 is 0 Å². The second-order valence-corrected chi connectivity index (χ2v) is 9.58. The van der Waals surface area contributed by atoms with Crippen LogP contribution < -0.4 is 4.72 Å². The number of piperidine rings is 3. The molecule has 0 aliphatic carbocycles. The van der Waals surface area contributed by atoms with Gasteiger partial charge in [-0.05, 0) is 55.5 Å². The molecular weight excluding hydrogens is 372 g/mol. The van der Waals surface area contributed by atoms with Gasteiger partial charge < -0.3 is 4.90 Å². The second-order valence-electron chi connectivity index (χ2n) is 7.39. The molecule has 1 unspecified atom stereocenters. The van der Waals surface area contributed by atoms with Crippen LogP contribution in [0.2, 0.25) is 5.02 Å². The van der Waals surface area contributed by atoms with Crippen LogP contribution in [0.25, 0.3) is 11.1 Å². The van der Waals surface area contributed by atoms with Gasteiger partial charge in [0.2, 0.25) is 10.0 Å². The summed E-state index contributed by atoms with van der Waals surface area (Å²) in [4.78, 5) is 2.52. The van der Waals surface area contributed by atoms with Gasteiger partial charge in [0, 0.05) is 29.9 Å². The van der Waals surface area contributed by atoms with Gasteiger partial charge in [0.1, 0.15) is 0 Å². The van der Waals surface area contributed by atoms with Crippen LogP contribution in [0, 0.1) is 11.8 Å². The molecule has 0 radical (unpaired) electrons. The largest absolute Gasteiger partial charge is 0.303 e. The first kappa shape index (κ1) is 17.8. The first-order chi connectivity index (χ1) is 12.4. The summed E-state index contributed by atoms with van der Waals surface area (Å²) in [5.41, 5.74) is 1.66. The summed E-state index contributed by atoms with van der Waals surface area (Å²) < 4.78 is 28.0. The molecule has 1 N–H and O–H groups in total. The summed E-state index contributed by atoms with van der Waals surface area (Å²) in [5, 5.41) is 5.19. The van der Waals surface area contributed by atoms with Crippen molar-refractivity contribution in [2.75, 3.05) is 30.6 Å². The lowest BCUT2D eigenvalue weighted by Crippen LogP contribution is -2.48. The average Bonchev–Trinajstić information content (AvgIpc) is 2.97. The topological polar surface area (TPSA) is 67.2 Å².